The summed E-state index contributed by atoms with van der Waals surface area (Å²) in [7, 11) is 0. The zero-order valence-corrected chi connectivity index (χ0v) is 10.3. The molecule has 0 aliphatic heterocycles. The first-order chi connectivity index (χ1) is 9.01. The molecule has 0 saturated heterocycles. The van der Waals surface area contributed by atoms with Crippen molar-refractivity contribution in [3.63, 3.8) is 0 Å². The third-order valence-corrected chi connectivity index (χ3v) is 2.53. The normalized spacial score (nSPS) is 11.6. The van der Waals surface area contributed by atoms with Crippen molar-refractivity contribution < 1.29 is 17.9 Å². The lowest BCUT2D eigenvalue weighted by Gasteiger charge is -2.13. The number of para-hydroxylation sites is 1. The fraction of sp³-hybridized carbons (Fsp3) is 0.308. The van der Waals surface area contributed by atoms with Gasteiger partial charge in [-0.3, -0.25) is 4.98 Å². The number of halogens is 3. The fourth-order valence-corrected chi connectivity index (χ4v) is 1.77. The highest BCUT2D eigenvalue weighted by Gasteiger charge is 2.32. The molecule has 2 rings (SSSR count). The van der Waals surface area contributed by atoms with Gasteiger partial charge in [0.1, 0.15) is 5.52 Å². The van der Waals surface area contributed by atoms with Crippen LogP contribution in [0.5, 0.6) is 5.75 Å². The molecule has 0 saturated carbocycles. The molecule has 0 unspecified atom stereocenters. The summed E-state index contributed by atoms with van der Waals surface area (Å²) < 4.78 is 40.9. The fourth-order valence-electron chi connectivity index (χ4n) is 1.77. The first kappa shape index (κ1) is 13.5. The van der Waals surface area contributed by atoms with Crippen LogP contribution in [0.25, 0.3) is 10.9 Å². The van der Waals surface area contributed by atoms with E-state index < -0.39 is 6.36 Å². The molecule has 0 atom stereocenters. The molecule has 0 aliphatic rings. The van der Waals surface area contributed by atoms with Crippen molar-refractivity contribution in [2.45, 2.75) is 19.7 Å². The lowest BCUT2D eigenvalue weighted by molar-refractivity contribution is -0.274. The molecule has 0 spiro atoms. The third-order valence-electron chi connectivity index (χ3n) is 2.53. The van der Waals surface area contributed by atoms with Crippen LogP contribution in [0.4, 0.5) is 18.9 Å². The monoisotopic (exact) mass is 270 g/mol. The smallest absolute Gasteiger partial charge is 0.403 e. The van der Waals surface area contributed by atoms with Crippen molar-refractivity contribution in [2.24, 2.45) is 0 Å². The molecule has 6 heteroatoms. The molecule has 1 N–H and O–H groups in total. The van der Waals surface area contributed by atoms with Gasteiger partial charge in [-0.1, -0.05) is 19.1 Å². The lowest BCUT2D eigenvalue weighted by Crippen LogP contribution is -2.17. The average Bonchev–Trinajstić information content (AvgIpc) is 2.35. The molecular weight excluding hydrogens is 257 g/mol. The maximum atomic E-state index is 12.3. The quantitative estimate of drug-likeness (QED) is 0.913. The van der Waals surface area contributed by atoms with Gasteiger partial charge in [0.2, 0.25) is 0 Å². The Labute approximate surface area is 108 Å². The zero-order valence-electron chi connectivity index (χ0n) is 10.3. The summed E-state index contributed by atoms with van der Waals surface area (Å²) in [6.07, 6.45) is -2.34. The summed E-state index contributed by atoms with van der Waals surface area (Å²) >= 11 is 0. The summed E-state index contributed by atoms with van der Waals surface area (Å²) in [5.74, 6) is -0.287. The first-order valence-corrected chi connectivity index (χ1v) is 5.88. The molecule has 0 bridgehead atoms. The van der Waals surface area contributed by atoms with Crippen LogP contribution < -0.4 is 10.1 Å². The number of aromatic nitrogens is 1. The highest BCUT2D eigenvalue weighted by Crippen LogP contribution is 2.32. The highest BCUT2D eigenvalue weighted by molar-refractivity contribution is 5.94. The van der Waals surface area contributed by atoms with Crippen LogP contribution in [0.1, 0.15) is 13.3 Å². The Morgan fingerprint density at radius 3 is 2.74 bits per heavy atom. The molecule has 102 valence electrons. The van der Waals surface area contributed by atoms with Gasteiger partial charge in [0.15, 0.2) is 5.75 Å². The molecule has 1 heterocycles. The number of ether oxygens (including phenoxy) is 1. The van der Waals surface area contributed by atoms with E-state index in [1.807, 2.05) is 6.92 Å². The van der Waals surface area contributed by atoms with E-state index in [0.29, 0.717) is 5.39 Å². The van der Waals surface area contributed by atoms with E-state index in [4.69, 9.17) is 0 Å². The van der Waals surface area contributed by atoms with Crippen molar-refractivity contribution >= 4 is 16.6 Å². The summed E-state index contributed by atoms with van der Waals surface area (Å²) in [6, 6.07) is 6.22. The van der Waals surface area contributed by atoms with Gasteiger partial charge < -0.3 is 10.1 Å². The third kappa shape index (κ3) is 3.27. The highest BCUT2D eigenvalue weighted by atomic mass is 19.4. The van der Waals surface area contributed by atoms with Crippen LogP contribution in [-0.4, -0.2) is 17.9 Å². The molecule has 3 nitrogen and oxygen atoms in total. The van der Waals surface area contributed by atoms with Gasteiger partial charge in [0.05, 0.1) is 0 Å². The Kier molecular flexibility index (Phi) is 3.78. The van der Waals surface area contributed by atoms with Crippen molar-refractivity contribution in [3.8, 4) is 5.75 Å². The molecule has 1 aromatic carbocycles. The predicted molar refractivity (Wildman–Crippen MR) is 67.2 cm³/mol. The minimum absolute atomic E-state index is 0.195. The van der Waals surface area contributed by atoms with Crippen LogP contribution in [-0.2, 0) is 0 Å². The van der Waals surface area contributed by atoms with Gasteiger partial charge in [0, 0.05) is 23.8 Å². The predicted octanol–water partition coefficient (Wildman–Crippen LogP) is 3.96. The number of hydrogen-bond acceptors (Lipinski definition) is 3. The van der Waals surface area contributed by atoms with Gasteiger partial charge in [-0.2, -0.15) is 0 Å². The number of benzene rings is 1. The number of nitrogens with zero attached hydrogens (tertiary/aromatic N) is 1. The Balaban J connectivity index is 2.45. The molecule has 0 fully saturated rings. The summed E-state index contributed by atoms with van der Waals surface area (Å²) in [5, 5.41) is 3.76. The minimum atomic E-state index is -4.72. The SMILES string of the molecule is CCCNc1ccnc2c(OC(F)(F)F)cccc12. The average molecular weight is 270 g/mol. The summed E-state index contributed by atoms with van der Waals surface area (Å²) in [4.78, 5) is 3.97. The second-order valence-electron chi connectivity index (χ2n) is 3.99. The minimum Gasteiger partial charge on any atom is -0.403 e. The van der Waals surface area contributed by atoms with Crippen molar-refractivity contribution in [2.75, 3.05) is 11.9 Å². The molecule has 2 aromatic rings. The number of pyridine rings is 1. The molecule has 0 amide bonds. The molecule has 1 aromatic heterocycles. The Bertz CT molecular complexity index is 569. The van der Waals surface area contributed by atoms with Crippen molar-refractivity contribution in [3.05, 3.63) is 30.5 Å². The Morgan fingerprint density at radius 2 is 2.05 bits per heavy atom. The topological polar surface area (TPSA) is 34.2 Å². The number of fused-ring (bicyclic) bond motifs is 1. The first-order valence-electron chi connectivity index (χ1n) is 5.88. The molecular formula is C13H13F3N2O. The largest absolute Gasteiger partial charge is 0.573 e. The van der Waals surface area contributed by atoms with E-state index in [2.05, 4.69) is 15.0 Å². The van der Waals surface area contributed by atoms with E-state index in [-0.39, 0.29) is 11.3 Å². The molecule has 19 heavy (non-hydrogen) atoms. The van der Waals surface area contributed by atoms with E-state index in [9.17, 15) is 13.2 Å². The van der Waals surface area contributed by atoms with Gasteiger partial charge in [-0.05, 0) is 18.6 Å². The van der Waals surface area contributed by atoms with Crippen LogP contribution in [0.2, 0.25) is 0 Å². The number of alkyl halides is 3. The zero-order chi connectivity index (χ0) is 13.9. The summed E-state index contributed by atoms with van der Waals surface area (Å²) in [5.41, 5.74) is 0.945. The number of nitrogens with one attached hydrogen (secondary N) is 1. The molecule has 0 aliphatic carbocycles. The van der Waals surface area contributed by atoms with Crippen LogP contribution in [0.3, 0.4) is 0 Å². The number of hydrogen-bond donors (Lipinski definition) is 1. The van der Waals surface area contributed by atoms with E-state index >= 15 is 0 Å². The van der Waals surface area contributed by atoms with Crippen LogP contribution in [0.15, 0.2) is 30.5 Å². The van der Waals surface area contributed by atoms with Gasteiger partial charge >= 0.3 is 6.36 Å². The van der Waals surface area contributed by atoms with Crippen LogP contribution in [0, 0.1) is 0 Å². The van der Waals surface area contributed by atoms with E-state index in [1.165, 1.54) is 18.3 Å². The second kappa shape index (κ2) is 5.34. The molecule has 0 radical (unpaired) electrons. The van der Waals surface area contributed by atoms with Gasteiger partial charge in [0.25, 0.3) is 0 Å². The Hall–Kier alpha value is -1.98. The van der Waals surface area contributed by atoms with E-state index in [1.54, 1.807) is 12.1 Å². The second-order valence-corrected chi connectivity index (χ2v) is 3.99. The van der Waals surface area contributed by atoms with Gasteiger partial charge in [-0.15, -0.1) is 13.2 Å². The van der Waals surface area contributed by atoms with Crippen molar-refractivity contribution in [1.82, 2.24) is 4.98 Å². The Morgan fingerprint density at radius 1 is 1.26 bits per heavy atom. The standard InChI is InChI=1S/C13H13F3N2O/c1-2-7-17-10-6-8-18-12-9(10)4-3-5-11(12)19-13(14,15)16/h3-6,8H,2,7H2,1H3,(H,17,18). The summed E-state index contributed by atoms with van der Waals surface area (Å²) in [6.45, 7) is 2.75. The van der Waals surface area contributed by atoms with Gasteiger partial charge in [-0.25, -0.2) is 0 Å². The lowest BCUT2D eigenvalue weighted by atomic mass is 10.1. The number of rotatable bonds is 4. The van der Waals surface area contributed by atoms with E-state index in [0.717, 1.165) is 18.7 Å². The van der Waals surface area contributed by atoms with Crippen molar-refractivity contribution in [1.29, 1.82) is 0 Å². The maximum Gasteiger partial charge on any atom is 0.573 e. The maximum absolute atomic E-state index is 12.3. The number of anilines is 1. The van der Waals surface area contributed by atoms with Crippen LogP contribution >= 0.6 is 0 Å².